The Hall–Kier alpha value is -0.790. The summed E-state index contributed by atoms with van der Waals surface area (Å²) in [6, 6.07) is 0. The zero-order chi connectivity index (χ0) is 11.1. The minimum atomic E-state index is -0.205. The molecule has 1 amide bonds. The molecule has 2 aliphatic carbocycles. The standard InChI is InChI=1S/C13H21NO/c1-9(2)5-6-13(12(14)15)8-10-3-4-11(13)7-10/h3-4,9-11H,5-8H2,1-2H3,(H2,14,15)/t10?,11?,13-/m1/s1. The Labute approximate surface area is 91.9 Å². The van der Waals surface area contributed by atoms with E-state index in [2.05, 4.69) is 26.0 Å². The zero-order valence-corrected chi connectivity index (χ0v) is 9.70. The SMILES string of the molecule is CC(C)CC[C@@]1(C(N)=O)CC2C=CC1C2. The summed E-state index contributed by atoms with van der Waals surface area (Å²) in [6.45, 7) is 4.41. The Balaban J connectivity index is 2.12. The topological polar surface area (TPSA) is 43.1 Å². The number of carbonyl (C=O) groups is 1. The number of primary amides is 1. The van der Waals surface area contributed by atoms with E-state index in [9.17, 15) is 4.79 Å². The van der Waals surface area contributed by atoms with Crippen molar-refractivity contribution in [1.82, 2.24) is 0 Å². The fourth-order valence-corrected chi connectivity index (χ4v) is 3.20. The molecule has 2 nitrogen and oxygen atoms in total. The summed E-state index contributed by atoms with van der Waals surface area (Å²) in [6.07, 6.45) is 8.73. The Bertz CT molecular complexity index is 295. The summed E-state index contributed by atoms with van der Waals surface area (Å²) < 4.78 is 0. The summed E-state index contributed by atoms with van der Waals surface area (Å²) in [5.74, 6) is 1.64. The van der Waals surface area contributed by atoms with Crippen LogP contribution < -0.4 is 5.73 Å². The summed E-state index contributed by atoms with van der Waals surface area (Å²) in [7, 11) is 0. The molecule has 0 radical (unpaired) electrons. The number of rotatable bonds is 4. The van der Waals surface area contributed by atoms with Crippen molar-refractivity contribution in [1.29, 1.82) is 0 Å². The van der Waals surface area contributed by atoms with E-state index in [1.165, 1.54) is 0 Å². The van der Waals surface area contributed by atoms with Crippen LogP contribution in [0.4, 0.5) is 0 Å². The van der Waals surface area contributed by atoms with Gasteiger partial charge in [0.25, 0.3) is 0 Å². The minimum Gasteiger partial charge on any atom is -0.369 e. The van der Waals surface area contributed by atoms with Crippen LogP contribution in [-0.2, 0) is 4.79 Å². The molecule has 2 bridgehead atoms. The lowest BCUT2D eigenvalue weighted by Gasteiger charge is -2.33. The molecule has 0 heterocycles. The summed E-state index contributed by atoms with van der Waals surface area (Å²) >= 11 is 0. The van der Waals surface area contributed by atoms with Gasteiger partial charge < -0.3 is 5.73 Å². The summed E-state index contributed by atoms with van der Waals surface area (Å²) in [5.41, 5.74) is 5.43. The van der Waals surface area contributed by atoms with E-state index in [1.807, 2.05) is 0 Å². The van der Waals surface area contributed by atoms with Crippen LogP contribution in [0.5, 0.6) is 0 Å². The van der Waals surface area contributed by atoms with E-state index in [4.69, 9.17) is 5.73 Å². The molecule has 2 rings (SSSR count). The molecule has 84 valence electrons. The lowest BCUT2D eigenvalue weighted by atomic mass is 9.71. The van der Waals surface area contributed by atoms with Crippen LogP contribution in [0.2, 0.25) is 0 Å². The number of fused-ring (bicyclic) bond motifs is 2. The second kappa shape index (κ2) is 3.66. The van der Waals surface area contributed by atoms with Gasteiger partial charge in [0.1, 0.15) is 0 Å². The van der Waals surface area contributed by atoms with Gasteiger partial charge in [-0.25, -0.2) is 0 Å². The molecule has 0 aromatic carbocycles. The number of carbonyl (C=O) groups excluding carboxylic acids is 1. The number of nitrogens with two attached hydrogens (primary N) is 1. The first kappa shape index (κ1) is 10.7. The molecule has 3 atom stereocenters. The minimum absolute atomic E-state index is 0.0694. The van der Waals surface area contributed by atoms with Crippen molar-refractivity contribution in [2.24, 2.45) is 28.9 Å². The molecule has 0 aromatic heterocycles. The fraction of sp³-hybridized carbons (Fsp3) is 0.769. The molecule has 15 heavy (non-hydrogen) atoms. The molecule has 2 aliphatic rings. The molecule has 2 heteroatoms. The maximum absolute atomic E-state index is 11.7. The van der Waals surface area contributed by atoms with Gasteiger partial charge >= 0.3 is 0 Å². The Kier molecular flexibility index (Phi) is 2.61. The largest absolute Gasteiger partial charge is 0.369 e. The van der Waals surface area contributed by atoms with E-state index in [0.717, 1.165) is 25.7 Å². The van der Waals surface area contributed by atoms with Crippen LogP contribution in [0.25, 0.3) is 0 Å². The molecule has 0 spiro atoms. The molecule has 1 saturated carbocycles. The van der Waals surface area contributed by atoms with Crippen LogP contribution in [0, 0.1) is 23.2 Å². The van der Waals surface area contributed by atoms with Gasteiger partial charge in [-0.05, 0) is 43.4 Å². The Morgan fingerprint density at radius 3 is 2.67 bits per heavy atom. The number of hydrogen-bond donors (Lipinski definition) is 1. The first-order chi connectivity index (χ1) is 7.04. The first-order valence-electron chi connectivity index (χ1n) is 6.03. The van der Waals surface area contributed by atoms with Crippen LogP contribution in [0.15, 0.2) is 12.2 Å². The predicted octanol–water partition coefficient (Wildman–Crippen LogP) is 2.49. The molecule has 1 fully saturated rings. The van der Waals surface area contributed by atoms with Crippen molar-refractivity contribution in [3.05, 3.63) is 12.2 Å². The van der Waals surface area contributed by atoms with Crippen LogP contribution >= 0.6 is 0 Å². The Morgan fingerprint density at radius 1 is 1.53 bits per heavy atom. The average molecular weight is 207 g/mol. The van der Waals surface area contributed by atoms with Crippen molar-refractivity contribution >= 4 is 5.91 Å². The van der Waals surface area contributed by atoms with Crippen LogP contribution in [0.1, 0.15) is 39.5 Å². The van der Waals surface area contributed by atoms with Gasteiger partial charge in [0, 0.05) is 0 Å². The highest BCUT2D eigenvalue weighted by atomic mass is 16.1. The highest BCUT2D eigenvalue weighted by molar-refractivity contribution is 5.82. The van der Waals surface area contributed by atoms with Crippen molar-refractivity contribution in [3.63, 3.8) is 0 Å². The second-order valence-electron chi connectivity index (χ2n) is 5.64. The predicted molar refractivity (Wildman–Crippen MR) is 61.1 cm³/mol. The highest BCUT2D eigenvalue weighted by Gasteiger charge is 2.51. The van der Waals surface area contributed by atoms with Gasteiger partial charge in [-0.3, -0.25) is 4.79 Å². The molecule has 0 aliphatic heterocycles. The molecule has 0 aromatic rings. The van der Waals surface area contributed by atoms with Crippen molar-refractivity contribution in [2.45, 2.75) is 39.5 Å². The van der Waals surface area contributed by atoms with Crippen molar-refractivity contribution in [3.8, 4) is 0 Å². The maximum Gasteiger partial charge on any atom is 0.224 e. The Morgan fingerprint density at radius 2 is 2.27 bits per heavy atom. The van der Waals surface area contributed by atoms with E-state index < -0.39 is 0 Å². The van der Waals surface area contributed by atoms with E-state index >= 15 is 0 Å². The molecular weight excluding hydrogens is 186 g/mol. The number of hydrogen-bond acceptors (Lipinski definition) is 1. The summed E-state index contributed by atoms with van der Waals surface area (Å²) in [4.78, 5) is 11.7. The summed E-state index contributed by atoms with van der Waals surface area (Å²) in [5, 5.41) is 0. The fourth-order valence-electron chi connectivity index (χ4n) is 3.20. The van der Waals surface area contributed by atoms with E-state index in [1.54, 1.807) is 0 Å². The maximum atomic E-state index is 11.7. The normalized spacial score (nSPS) is 37.8. The van der Waals surface area contributed by atoms with Crippen LogP contribution in [-0.4, -0.2) is 5.91 Å². The van der Waals surface area contributed by atoms with Gasteiger partial charge in [-0.1, -0.05) is 26.0 Å². The lowest BCUT2D eigenvalue weighted by molar-refractivity contribution is -0.129. The third-order valence-electron chi connectivity index (χ3n) is 4.17. The van der Waals surface area contributed by atoms with Gasteiger partial charge in [-0.2, -0.15) is 0 Å². The molecule has 0 saturated heterocycles. The quantitative estimate of drug-likeness (QED) is 0.707. The highest BCUT2D eigenvalue weighted by Crippen LogP contribution is 2.54. The van der Waals surface area contributed by atoms with E-state index in [-0.39, 0.29) is 11.3 Å². The first-order valence-corrected chi connectivity index (χ1v) is 6.03. The molecule has 2 unspecified atom stereocenters. The van der Waals surface area contributed by atoms with Crippen LogP contribution in [0.3, 0.4) is 0 Å². The van der Waals surface area contributed by atoms with E-state index in [0.29, 0.717) is 17.8 Å². The zero-order valence-electron chi connectivity index (χ0n) is 9.70. The number of amides is 1. The van der Waals surface area contributed by atoms with Gasteiger partial charge in [-0.15, -0.1) is 0 Å². The monoisotopic (exact) mass is 207 g/mol. The van der Waals surface area contributed by atoms with Gasteiger partial charge in [0.15, 0.2) is 0 Å². The smallest absolute Gasteiger partial charge is 0.224 e. The lowest BCUT2D eigenvalue weighted by Crippen LogP contribution is -2.40. The van der Waals surface area contributed by atoms with Crippen molar-refractivity contribution in [2.75, 3.05) is 0 Å². The third kappa shape index (κ3) is 1.70. The van der Waals surface area contributed by atoms with Crippen molar-refractivity contribution < 1.29 is 4.79 Å². The number of allylic oxidation sites excluding steroid dienone is 2. The van der Waals surface area contributed by atoms with Gasteiger partial charge in [0.2, 0.25) is 5.91 Å². The third-order valence-corrected chi connectivity index (χ3v) is 4.17. The average Bonchev–Trinajstić information content (AvgIpc) is 2.74. The van der Waals surface area contributed by atoms with Gasteiger partial charge in [0.05, 0.1) is 5.41 Å². The molecular formula is C13H21NO. The molecule has 2 N–H and O–H groups in total. The second-order valence-corrected chi connectivity index (χ2v) is 5.64.